The maximum absolute atomic E-state index is 13.5. The molecule has 6 heteroatoms. The van der Waals surface area contributed by atoms with E-state index in [0.29, 0.717) is 5.92 Å². The van der Waals surface area contributed by atoms with E-state index in [1.54, 1.807) is 6.08 Å². The Morgan fingerprint density at radius 3 is 2.00 bits per heavy atom. The molecule has 0 heterocycles. The van der Waals surface area contributed by atoms with Crippen molar-refractivity contribution in [1.29, 1.82) is 0 Å². The van der Waals surface area contributed by atoms with Crippen LogP contribution in [-0.2, 0) is 4.74 Å². The van der Waals surface area contributed by atoms with Gasteiger partial charge in [-0.3, -0.25) is 0 Å². The minimum Gasteiger partial charge on any atom is -0.308 e. The van der Waals surface area contributed by atoms with Crippen LogP contribution in [0.15, 0.2) is 23.8 Å². The lowest BCUT2D eigenvalue weighted by molar-refractivity contribution is -0.358. The maximum Gasteiger partial charge on any atom is 0.422 e. The van der Waals surface area contributed by atoms with Crippen LogP contribution in [0.4, 0.5) is 22.0 Å². The molecule has 0 N–H and O–H groups in total. The Labute approximate surface area is 209 Å². The molecule has 0 aliphatic heterocycles. The van der Waals surface area contributed by atoms with E-state index in [1.807, 2.05) is 6.08 Å². The molecular weight excluding hydrogens is 459 g/mol. The van der Waals surface area contributed by atoms with Gasteiger partial charge >= 0.3 is 12.0 Å². The van der Waals surface area contributed by atoms with E-state index in [9.17, 15) is 22.0 Å². The van der Waals surface area contributed by atoms with E-state index in [2.05, 4.69) is 11.7 Å². The standard InChI is InChI=1S/C29H45F5O/c1-2-3-4-5-6-7-8-22-9-11-23(12-10-22)24-13-15-25(16-14-24)26-17-19-27(20-18-26)35-29(33,34)28(31,32)21-30/h17-19,22-25,27H,2-16,20-21H2,1H3. The van der Waals surface area contributed by atoms with Gasteiger partial charge in [-0.1, -0.05) is 82.9 Å². The Morgan fingerprint density at radius 1 is 0.829 bits per heavy atom. The van der Waals surface area contributed by atoms with Gasteiger partial charge in [0.15, 0.2) is 6.67 Å². The minimum atomic E-state index is -4.81. The number of hydrogen-bond acceptors (Lipinski definition) is 1. The zero-order valence-corrected chi connectivity index (χ0v) is 21.4. The second kappa shape index (κ2) is 13.6. The van der Waals surface area contributed by atoms with Crippen LogP contribution < -0.4 is 0 Å². The number of unbranched alkanes of at least 4 members (excludes halogenated alkanes) is 5. The normalized spacial score (nSPS) is 30.3. The van der Waals surface area contributed by atoms with Crippen molar-refractivity contribution in [3.8, 4) is 0 Å². The largest absolute Gasteiger partial charge is 0.422 e. The molecule has 1 nitrogen and oxygen atoms in total. The summed E-state index contributed by atoms with van der Waals surface area (Å²) in [5.41, 5.74) is 1.10. The Bertz CT molecular complexity index is 673. The van der Waals surface area contributed by atoms with Crippen LogP contribution in [-0.4, -0.2) is 24.8 Å². The molecule has 0 aromatic heterocycles. The Morgan fingerprint density at radius 2 is 1.43 bits per heavy atom. The smallest absolute Gasteiger partial charge is 0.308 e. The molecule has 3 aliphatic carbocycles. The molecule has 0 aromatic rings. The van der Waals surface area contributed by atoms with Crippen molar-refractivity contribution in [1.82, 2.24) is 0 Å². The third-order valence-electron chi connectivity index (χ3n) is 8.75. The highest BCUT2D eigenvalue weighted by Gasteiger charge is 2.59. The molecule has 202 valence electrons. The van der Waals surface area contributed by atoms with Crippen molar-refractivity contribution < 1.29 is 26.7 Å². The fourth-order valence-electron chi connectivity index (χ4n) is 6.45. The fraction of sp³-hybridized carbons (Fsp3) is 0.862. The molecule has 0 amide bonds. The summed E-state index contributed by atoms with van der Waals surface area (Å²) in [6.45, 7) is -0.180. The second-order valence-corrected chi connectivity index (χ2v) is 11.3. The third kappa shape index (κ3) is 8.30. The number of allylic oxidation sites excluding steroid dienone is 2. The number of alkyl halides is 5. The van der Waals surface area contributed by atoms with Gasteiger partial charge in [0.05, 0.1) is 6.10 Å². The summed E-state index contributed by atoms with van der Waals surface area (Å²) in [7, 11) is 0. The van der Waals surface area contributed by atoms with Gasteiger partial charge in [-0.15, -0.1) is 0 Å². The van der Waals surface area contributed by atoms with Gasteiger partial charge in [0, 0.05) is 0 Å². The Hall–Kier alpha value is -0.910. The van der Waals surface area contributed by atoms with Crippen LogP contribution in [0.5, 0.6) is 0 Å². The van der Waals surface area contributed by atoms with E-state index in [1.165, 1.54) is 89.5 Å². The molecule has 2 fully saturated rings. The monoisotopic (exact) mass is 504 g/mol. The van der Waals surface area contributed by atoms with Crippen LogP contribution >= 0.6 is 0 Å². The van der Waals surface area contributed by atoms with Crippen molar-refractivity contribution in [2.75, 3.05) is 6.67 Å². The summed E-state index contributed by atoms with van der Waals surface area (Å²) in [5.74, 6) is -1.83. The van der Waals surface area contributed by atoms with E-state index in [-0.39, 0.29) is 6.42 Å². The van der Waals surface area contributed by atoms with E-state index in [0.717, 1.165) is 36.2 Å². The summed E-state index contributed by atoms with van der Waals surface area (Å²) >= 11 is 0. The highest BCUT2D eigenvalue weighted by atomic mass is 19.3. The van der Waals surface area contributed by atoms with Crippen LogP contribution in [0.2, 0.25) is 0 Å². The summed E-state index contributed by atoms with van der Waals surface area (Å²) in [6.07, 6.45) is 19.0. The van der Waals surface area contributed by atoms with Gasteiger partial charge in [-0.25, -0.2) is 4.39 Å². The number of halogens is 5. The highest BCUT2D eigenvalue weighted by Crippen LogP contribution is 2.44. The molecule has 3 rings (SSSR count). The van der Waals surface area contributed by atoms with Crippen molar-refractivity contribution in [2.24, 2.45) is 23.7 Å². The topological polar surface area (TPSA) is 9.23 Å². The zero-order valence-electron chi connectivity index (χ0n) is 21.4. The third-order valence-corrected chi connectivity index (χ3v) is 8.75. The number of hydrogen-bond donors (Lipinski definition) is 0. The highest BCUT2D eigenvalue weighted by molar-refractivity contribution is 5.27. The van der Waals surface area contributed by atoms with Crippen LogP contribution in [0, 0.1) is 23.7 Å². The second-order valence-electron chi connectivity index (χ2n) is 11.3. The zero-order chi connectivity index (χ0) is 25.3. The van der Waals surface area contributed by atoms with Crippen LogP contribution in [0.3, 0.4) is 0 Å². The maximum atomic E-state index is 13.5. The molecule has 35 heavy (non-hydrogen) atoms. The van der Waals surface area contributed by atoms with Crippen molar-refractivity contribution in [3.05, 3.63) is 23.8 Å². The van der Waals surface area contributed by atoms with E-state index < -0.39 is 24.8 Å². The molecule has 2 saturated carbocycles. The lowest BCUT2D eigenvalue weighted by Gasteiger charge is -2.38. The lowest BCUT2D eigenvalue weighted by atomic mass is 9.67. The average Bonchev–Trinajstić information content (AvgIpc) is 2.87. The quantitative estimate of drug-likeness (QED) is 0.179. The van der Waals surface area contributed by atoms with Crippen molar-refractivity contribution >= 4 is 0 Å². The molecule has 3 aliphatic rings. The predicted octanol–water partition coefficient (Wildman–Crippen LogP) is 9.82. The first-order chi connectivity index (χ1) is 16.8. The molecule has 0 spiro atoms. The molecule has 0 aromatic carbocycles. The predicted molar refractivity (Wildman–Crippen MR) is 131 cm³/mol. The van der Waals surface area contributed by atoms with E-state index >= 15 is 0 Å². The summed E-state index contributed by atoms with van der Waals surface area (Å²) < 4.78 is 69.8. The van der Waals surface area contributed by atoms with Gasteiger partial charge < -0.3 is 4.74 Å². The number of ether oxygens (including phenoxy) is 1. The fourth-order valence-corrected chi connectivity index (χ4v) is 6.45. The number of rotatable bonds is 13. The molecule has 1 atom stereocenters. The van der Waals surface area contributed by atoms with Gasteiger partial charge in [0.2, 0.25) is 0 Å². The SMILES string of the molecule is CCCCCCCCC1CCC(C2CCC(C3=CCC(OC(F)(F)C(F)(F)CF)C=C3)CC2)CC1. The van der Waals surface area contributed by atoms with Gasteiger partial charge in [-0.05, 0) is 74.2 Å². The Balaban J connectivity index is 1.33. The first kappa shape index (κ1) is 28.7. The summed E-state index contributed by atoms with van der Waals surface area (Å²) in [4.78, 5) is 0. The molecule has 0 radical (unpaired) electrons. The first-order valence-corrected chi connectivity index (χ1v) is 14.1. The molecule has 0 bridgehead atoms. The summed E-state index contributed by atoms with van der Waals surface area (Å²) in [5, 5.41) is 0. The first-order valence-electron chi connectivity index (χ1n) is 14.1. The van der Waals surface area contributed by atoms with E-state index in [4.69, 9.17) is 0 Å². The molecule has 1 unspecified atom stereocenters. The van der Waals surface area contributed by atoms with Gasteiger partial charge in [0.25, 0.3) is 0 Å². The average molecular weight is 505 g/mol. The van der Waals surface area contributed by atoms with Crippen LogP contribution in [0.25, 0.3) is 0 Å². The van der Waals surface area contributed by atoms with Gasteiger partial charge in [-0.2, -0.15) is 17.6 Å². The molecule has 0 saturated heterocycles. The molecular formula is C29H45F5O. The Kier molecular flexibility index (Phi) is 11.1. The van der Waals surface area contributed by atoms with Crippen molar-refractivity contribution in [2.45, 2.75) is 128 Å². The van der Waals surface area contributed by atoms with Gasteiger partial charge in [0.1, 0.15) is 0 Å². The van der Waals surface area contributed by atoms with Crippen LogP contribution in [0.1, 0.15) is 110 Å². The van der Waals surface area contributed by atoms with Crippen molar-refractivity contribution in [3.63, 3.8) is 0 Å². The summed E-state index contributed by atoms with van der Waals surface area (Å²) in [6, 6.07) is 0. The lowest BCUT2D eigenvalue weighted by Crippen LogP contribution is -2.46. The minimum absolute atomic E-state index is 0.117.